The molecule has 0 aliphatic rings. The zero-order chi connectivity index (χ0) is 21.0. The van der Waals surface area contributed by atoms with Gasteiger partial charge in [0.05, 0.1) is 11.4 Å². The number of carbonyl (C=O) groups is 1. The molecular formula is C21H23N3O4S. The summed E-state index contributed by atoms with van der Waals surface area (Å²) in [6.07, 6.45) is 0. The van der Waals surface area contributed by atoms with Crippen molar-refractivity contribution in [2.24, 2.45) is 0 Å². The van der Waals surface area contributed by atoms with Crippen LogP contribution in [0.3, 0.4) is 0 Å². The molecular weight excluding hydrogens is 390 g/mol. The van der Waals surface area contributed by atoms with E-state index in [-0.39, 0.29) is 22.9 Å². The van der Waals surface area contributed by atoms with Crippen LogP contribution in [0.5, 0.6) is 0 Å². The van der Waals surface area contributed by atoms with E-state index < -0.39 is 16.1 Å². The second kappa shape index (κ2) is 8.59. The van der Waals surface area contributed by atoms with E-state index in [1.165, 1.54) is 17.0 Å². The van der Waals surface area contributed by atoms with Crippen molar-refractivity contribution in [2.75, 3.05) is 7.05 Å². The van der Waals surface area contributed by atoms with Gasteiger partial charge in [-0.25, -0.2) is 13.1 Å². The number of nitrogens with zero attached hydrogens (tertiary/aromatic N) is 2. The van der Waals surface area contributed by atoms with Crippen LogP contribution in [0.1, 0.15) is 40.3 Å². The van der Waals surface area contributed by atoms with Crippen molar-refractivity contribution < 1.29 is 17.7 Å². The Balaban J connectivity index is 1.76. The number of benzene rings is 2. The molecule has 0 bridgehead atoms. The van der Waals surface area contributed by atoms with Crippen LogP contribution in [-0.2, 0) is 16.6 Å². The quantitative estimate of drug-likeness (QED) is 0.642. The van der Waals surface area contributed by atoms with Gasteiger partial charge in [0.1, 0.15) is 11.5 Å². The first-order chi connectivity index (χ1) is 13.8. The van der Waals surface area contributed by atoms with Crippen LogP contribution in [0.2, 0.25) is 0 Å². The SMILES string of the molecule is Cc1cc(CN(C)C(=O)c2cccc(S(=O)(=O)NC(C)c3ccccc3)c2)no1. The van der Waals surface area contributed by atoms with Gasteiger partial charge in [-0.2, -0.15) is 0 Å². The summed E-state index contributed by atoms with van der Waals surface area (Å²) < 4.78 is 33.3. The van der Waals surface area contributed by atoms with Crippen LogP contribution < -0.4 is 4.72 Å². The molecule has 3 rings (SSSR count). The number of carbonyl (C=O) groups excluding carboxylic acids is 1. The van der Waals surface area contributed by atoms with E-state index in [4.69, 9.17) is 4.52 Å². The minimum absolute atomic E-state index is 0.0387. The highest BCUT2D eigenvalue weighted by Crippen LogP contribution is 2.18. The molecule has 0 spiro atoms. The maximum Gasteiger partial charge on any atom is 0.253 e. The Bertz CT molecular complexity index is 1090. The Morgan fingerprint density at radius 2 is 1.86 bits per heavy atom. The fraction of sp³-hybridized carbons (Fsp3) is 0.238. The van der Waals surface area contributed by atoms with Gasteiger partial charge in [-0.05, 0) is 37.6 Å². The number of hydrogen-bond donors (Lipinski definition) is 1. The van der Waals surface area contributed by atoms with E-state index in [9.17, 15) is 13.2 Å². The third-order valence-corrected chi connectivity index (χ3v) is 5.98. The molecule has 152 valence electrons. The normalized spacial score (nSPS) is 12.5. The number of hydrogen-bond acceptors (Lipinski definition) is 5. The largest absolute Gasteiger partial charge is 0.361 e. The van der Waals surface area contributed by atoms with Gasteiger partial charge >= 0.3 is 0 Å². The summed E-state index contributed by atoms with van der Waals surface area (Å²) in [5.74, 6) is 0.353. The fourth-order valence-corrected chi connectivity index (χ4v) is 4.21. The molecule has 1 unspecified atom stereocenters. The van der Waals surface area contributed by atoms with E-state index in [1.807, 2.05) is 30.3 Å². The van der Waals surface area contributed by atoms with Gasteiger partial charge < -0.3 is 9.42 Å². The van der Waals surface area contributed by atoms with Gasteiger partial charge in [-0.1, -0.05) is 41.6 Å². The summed E-state index contributed by atoms with van der Waals surface area (Å²) in [6.45, 7) is 3.81. The lowest BCUT2D eigenvalue weighted by molar-refractivity contribution is 0.0782. The first-order valence-electron chi connectivity index (χ1n) is 9.11. The van der Waals surface area contributed by atoms with E-state index >= 15 is 0 Å². The van der Waals surface area contributed by atoms with Crippen LogP contribution >= 0.6 is 0 Å². The monoisotopic (exact) mass is 413 g/mol. The predicted octanol–water partition coefficient (Wildman–Crippen LogP) is 3.29. The van der Waals surface area contributed by atoms with Crippen LogP contribution in [0, 0.1) is 6.92 Å². The highest BCUT2D eigenvalue weighted by molar-refractivity contribution is 7.89. The molecule has 0 aliphatic carbocycles. The van der Waals surface area contributed by atoms with E-state index in [0.29, 0.717) is 11.5 Å². The average Bonchev–Trinajstić information content (AvgIpc) is 3.12. The smallest absolute Gasteiger partial charge is 0.253 e. The molecule has 29 heavy (non-hydrogen) atoms. The first kappa shape index (κ1) is 20.8. The zero-order valence-corrected chi connectivity index (χ0v) is 17.3. The van der Waals surface area contributed by atoms with Gasteiger partial charge in [0, 0.05) is 24.7 Å². The molecule has 0 radical (unpaired) electrons. The Morgan fingerprint density at radius 1 is 1.14 bits per heavy atom. The topological polar surface area (TPSA) is 92.5 Å². The molecule has 1 heterocycles. The van der Waals surface area contributed by atoms with Crippen molar-refractivity contribution in [3.63, 3.8) is 0 Å². The van der Waals surface area contributed by atoms with Gasteiger partial charge in [-0.3, -0.25) is 4.79 Å². The first-order valence-corrected chi connectivity index (χ1v) is 10.6. The molecule has 7 nitrogen and oxygen atoms in total. The van der Waals surface area contributed by atoms with Gasteiger partial charge in [0.25, 0.3) is 5.91 Å². The van der Waals surface area contributed by atoms with Crippen LogP contribution in [-0.4, -0.2) is 31.4 Å². The summed E-state index contributed by atoms with van der Waals surface area (Å²) in [5, 5.41) is 3.88. The zero-order valence-electron chi connectivity index (χ0n) is 16.5. The highest BCUT2D eigenvalue weighted by Gasteiger charge is 2.21. The average molecular weight is 413 g/mol. The summed E-state index contributed by atoms with van der Waals surface area (Å²) in [6, 6.07) is 16.6. The van der Waals surface area contributed by atoms with Gasteiger partial charge in [0.15, 0.2) is 0 Å². The Kier molecular flexibility index (Phi) is 6.14. The van der Waals surface area contributed by atoms with Crippen molar-refractivity contribution in [1.29, 1.82) is 0 Å². The van der Waals surface area contributed by atoms with Crippen molar-refractivity contribution >= 4 is 15.9 Å². The molecule has 0 aliphatic heterocycles. The Labute approximate surface area is 170 Å². The summed E-state index contributed by atoms with van der Waals surface area (Å²) in [4.78, 5) is 14.2. The molecule has 0 saturated carbocycles. The number of nitrogens with one attached hydrogen (secondary N) is 1. The summed E-state index contributed by atoms with van der Waals surface area (Å²) in [7, 11) is -2.16. The lowest BCUT2D eigenvalue weighted by atomic mass is 10.1. The molecule has 3 aromatic rings. The van der Waals surface area contributed by atoms with Gasteiger partial charge in [-0.15, -0.1) is 0 Å². The molecule has 8 heteroatoms. The second-order valence-electron chi connectivity index (χ2n) is 6.87. The van der Waals surface area contributed by atoms with E-state index in [1.54, 1.807) is 39.1 Å². The summed E-state index contributed by atoms with van der Waals surface area (Å²) >= 11 is 0. The second-order valence-corrected chi connectivity index (χ2v) is 8.59. The highest BCUT2D eigenvalue weighted by atomic mass is 32.2. The third kappa shape index (κ3) is 5.10. The lowest BCUT2D eigenvalue weighted by Crippen LogP contribution is -2.28. The maximum absolute atomic E-state index is 12.8. The van der Waals surface area contributed by atoms with Gasteiger partial charge in [0.2, 0.25) is 10.0 Å². The summed E-state index contributed by atoms with van der Waals surface area (Å²) in [5.41, 5.74) is 1.76. The van der Waals surface area contributed by atoms with Crippen LogP contribution in [0.4, 0.5) is 0 Å². The van der Waals surface area contributed by atoms with Crippen LogP contribution in [0.25, 0.3) is 0 Å². The molecule has 0 fully saturated rings. The minimum atomic E-state index is -3.79. The number of aromatic nitrogens is 1. The Hall–Kier alpha value is -2.97. The van der Waals surface area contributed by atoms with Crippen molar-refractivity contribution in [3.8, 4) is 0 Å². The standard InChI is InChI=1S/C21H23N3O4S/c1-15-12-19(22-28-15)14-24(3)21(25)18-10-7-11-20(13-18)29(26,27)23-16(2)17-8-5-4-6-9-17/h4-13,16,23H,14H2,1-3H3. The van der Waals surface area contributed by atoms with E-state index in [2.05, 4.69) is 9.88 Å². The van der Waals surface area contributed by atoms with E-state index in [0.717, 1.165) is 5.56 Å². The molecule has 2 aromatic carbocycles. The van der Waals surface area contributed by atoms with Crippen molar-refractivity contribution in [1.82, 2.24) is 14.8 Å². The number of amides is 1. The number of aryl methyl sites for hydroxylation is 1. The molecule has 1 atom stereocenters. The Morgan fingerprint density at radius 3 is 2.52 bits per heavy atom. The minimum Gasteiger partial charge on any atom is -0.361 e. The predicted molar refractivity (Wildman–Crippen MR) is 109 cm³/mol. The van der Waals surface area contributed by atoms with Crippen molar-refractivity contribution in [3.05, 3.63) is 83.2 Å². The maximum atomic E-state index is 12.8. The fourth-order valence-electron chi connectivity index (χ4n) is 2.93. The van der Waals surface area contributed by atoms with Crippen LogP contribution in [0.15, 0.2) is 70.1 Å². The molecule has 1 aromatic heterocycles. The number of rotatable bonds is 7. The number of sulfonamides is 1. The van der Waals surface area contributed by atoms with Crippen molar-refractivity contribution in [2.45, 2.75) is 31.3 Å². The molecule has 0 saturated heterocycles. The molecule has 1 amide bonds. The molecule has 1 N–H and O–H groups in total. The third-order valence-electron chi connectivity index (χ3n) is 4.45. The lowest BCUT2D eigenvalue weighted by Gasteiger charge is -2.17.